The van der Waals surface area contributed by atoms with Gasteiger partial charge in [-0.1, -0.05) is 19.1 Å². The molecule has 3 N–H and O–H groups in total. The maximum absolute atomic E-state index is 11.9. The minimum absolute atomic E-state index is 0.0689. The maximum Gasteiger partial charge on any atom is 0.265 e. The number of carbonyl (C=O) groups is 1. The van der Waals surface area contributed by atoms with Crippen molar-refractivity contribution in [3.05, 3.63) is 52.3 Å². The van der Waals surface area contributed by atoms with E-state index in [2.05, 4.69) is 35.0 Å². The second-order valence-corrected chi connectivity index (χ2v) is 8.06. The van der Waals surface area contributed by atoms with Crippen LogP contribution in [0.25, 0.3) is 0 Å². The summed E-state index contributed by atoms with van der Waals surface area (Å²) in [5, 5.41) is 0. The molecule has 2 aliphatic rings. The zero-order chi connectivity index (χ0) is 19.2. The number of methoxy groups -OCH3 is 1. The van der Waals surface area contributed by atoms with Crippen molar-refractivity contribution in [1.29, 1.82) is 0 Å². The number of piperidine rings is 1. The number of H-pyrrole nitrogens is 1. The molecule has 0 spiro atoms. The Morgan fingerprint density at radius 3 is 2.96 bits per heavy atom. The number of benzene rings is 1. The third-order valence-corrected chi connectivity index (χ3v) is 6.88. The summed E-state index contributed by atoms with van der Waals surface area (Å²) >= 11 is 0. The van der Waals surface area contributed by atoms with Gasteiger partial charge in [-0.05, 0) is 74.0 Å². The fraction of sp³-hybridized carbons (Fsp3) is 0.500. The lowest BCUT2D eigenvalue weighted by Gasteiger charge is -2.51. The first-order valence-electron chi connectivity index (χ1n) is 9.85. The molecular weight excluding hydrogens is 338 g/mol. The van der Waals surface area contributed by atoms with Gasteiger partial charge in [-0.15, -0.1) is 0 Å². The number of hydrogen-bond donors (Lipinski definition) is 2. The molecule has 2 heterocycles. The number of primary amides is 1. The van der Waals surface area contributed by atoms with Crippen LogP contribution >= 0.6 is 0 Å². The molecule has 0 bridgehead atoms. The number of rotatable bonds is 4. The van der Waals surface area contributed by atoms with E-state index in [0.717, 1.165) is 50.2 Å². The van der Waals surface area contributed by atoms with Gasteiger partial charge >= 0.3 is 0 Å². The second kappa shape index (κ2) is 6.71. The minimum atomic E-state index is -0.365. The number of likely N-dealkylation sites (tertiary alicyclic amines) is 1. The van der Waals surface area contributed by atoms with Crippen LogP contribution in [0.4, 0.5) is 0 Å². The van der Waals surface area contributed by atoms with Crippen LogP contribution < -0.4 is 10.5 Å². The number of carbonyl (C=O) groups excluding carboxylic acids is 1. The maximum atomic E-state index is 11.9. The zero-order valence-electron chi connectivity index (χ0n) is 16.5. The SMILES string of the molecule is CCN1CCC2(c3cccc(OC)c3)Cc3[nH]c(C(N)=O)c(C)c3CC2C1. The van der Waals surface area contributed by atoms with Gasteiger partial charge in [0.25, 0.3) is 5.91 Å². The highest BCUT2D eigenvalue weighted by Crippen LogP contribution is 2.49. The lowest BCUT2D eigenvalue weighted by molar-refractivity contribution is 0.0848. The topological polar surface area (TPSA) is 71.3 Å². The summed E-state index contributed by atoms with van der Waals surface area (Å²) in [4.78, 5) is 17.8. The number of ether oxygens (including phenoxy) is 1. The third kappa shape index (κ3) is 2.85. The predicted octanol–water partition coefficient (Wildman–Crippen LogP) is 2.81. The van der Waals surface area contributed by atoms with Crippen molar-refractivity contribution in [2.75, 3.05) is 26.7 Å². The molecule has 5 heteroatoms. The van der Waals surface area contributed by atoms with Crippen LogP contribution in [0.3, 0.4) is 0 Å². The van der Waals surface area contributed by atoms with Gasteiger partial charge < -0.3 is 20.4 Å². The smallest absolute Gasteiger partial charge is 0.265 e. The van der Waals surface area contributed by atoms with Gasteiger partial charge in [-0.2, -0.15) is 0 Å². The van der Waals surface area contributed by atoms with Crippen molar-refractivity contribution in [1.82, 2.24) is 9.88 Å². The van der Waals surface area contributed by atoms with Gasteiger partial charge in [-0.25, -0.2) is 0 Å². The molecule has 27 heavy (non-hydrogen) atoms. The number of nitrogens with one attached hydrogen (secondary N) is 1. The van der Waals surface area contributed by atoms with Gasteiger partial charge in [0, 0.05) is 17.7 Å². The van der Waals surface area contributed by atoms with E-state index in [1.807, 2.05) is 13.0 Å². The van der Waals surface area contributed by atoms with Gasteiger partial charge in [0.15, 0.2) is 0 Å². The van der Waals surface area contributed by atoms with E-state index in [-0.39, 0.29) is 11.3 Å². The van der Waals surface area contributed by atoms with E-state index in [1.54, 1.807) is 7.11 Å². The van der Waals surface area contributed by atoms with Gasteiger partial charge in [-0.3, -0.25) is 4.79 Å². The summed E-state index contributed by atoms with van der Waals surface area (Å²) in [5.41, 5.74) is 11.1. The number of fused-ring (bicyclic) bond motifs is 2. The average molecular weight is 367 g/mol. The lowest BCUT2D eigenvalue weighted by atomic mass is 9.58. The first-order valence-corrected chi connectivity index (χ1v) is 9.85. The molecule has 1 saturated heterocycles. The molecule has 2 unspecified atom stereocenters. The van der Waals surface area contributed by atoms with Crippen LogP contribution in [-0.4, -0.2) is 42.5 Å². The molecule has 144 valence electrons. The molecule has 1 aliphatic carbocycles. The van der Waals surface area contributed by atoms with E-state index in [1.165, 1.54) is 16.8 Å². The Hall–Kier alpha value is -2.27. The Morgan fingerprint density at radius 1 is 1.44 bits per heavy atom. The lowest BCUT2D eigenvalue weighted by Crippen LogP contribution is -2.53. The van der Waals surface area contributed by atoms with Crippen molar-refractivity contribution in [3.8, 4) is 5.75 Å². The first kappa shape index (κ1) is 18.1. The highest BCUT2D eigenvalue weighted by atomic mass is 16.5. The van der Waals surface area contributed by atoms with Crippen LogP contribution in [0.1, 0.15) is 46.2 Å². The van der Waals surface area contributed by atoms with Crippen molar-refractivity contribution < 1.29 is 9.53 Å². The molecule has 0 saturated carbocycles. The largest absolute Gasteiger partial charge is 0.497 e. The average Bonchev–Trinajstić information content (AvgIpc) is 3.01. The van der Waals surface area contributed by atoms with Gasteiger partial charge in [0.05, 0.1) is 7.11 Å². The van der Waals surface area contributed by atoms with Crippen LogP contribution in [0.5, 0.6) is 5.75 Å². The number of aromatic nitrogens is 1. The molecule has 2 atom stereocenters. The highest BCUT2D eigenvalue weighted by molar-refractivity contribution is 5.93. The van der Waals surface area contributed by atoms with Crippen LogP contribution in [0.15, 0.2) is 24.3 Å². The summed E-state index contributed by atoms with van der Waals surface area (Å²) < 4.78 is 5.51. The molecule has 1 amide bonds. The van der Waals surface area contributed by atoms with Crippen LogP contribution in [-0.2, 0) is 18.3 Å². The normalized spacial score (nSPS) is 24.9. The van der Waals surface area contributed by atoms with E-state index in [9.17, 15) is 4.79 Å². The minimum Gasteiger partial charge on any atom is -0.497 e. The molecule has 1 aliphatic heterocycles. The predicted molar refractivity (Wildman–Crippen MR) is 106 cm³/mol. The quantitative estimate of drug-likeness (QED) is 0.873. The van der Waals surface area contributed by atoms with Crippen molar-refractivity contribution in [2.45, 2.75) is 38.5 Å². The van der Waals surface area contributed by atoms with E-state index >= 15 is 0 Å². The van der Waals surface area contributed by atoms with Crippen molar-refractivity contribution >= 4 is 5.91 Å². The van der Waals surface area contributed by atoms with Crippen molar-refractivity contribution in [3.63, 3.8) is 0 Å². The summed E-state index contributed by atoms with van der Waals surface area (Å²) in [6.07, 6.45) is 3.02. The Kier molecular flexibility index (Phi) is 4.50. The number of aromatic amines is 1. The zero-order valence-corrected chi connectivity index (χ0v) is 16.5. The van der Waals surface area contributed by atoms with Crippen molar-refractivity contribution in [2.24, 2.45) is 11.7 Å². The highest BCUT2D eigenvalue weighted by Gasteiger charge is 2.48. The first-order chi connectivity index (χ1) is 13.0. The van der Waals surface area contributed by atoms with Gasteiger partial charge in [0.1, 0.15) is 11.4 Å². The Labute approximate surface area is 160 Å². The monoisotopic (exact) mass is 367 g/mol. The summed E-state index contributed by atoms with van der Waals surface area (Å²) in [6, 6.07) is 8.54. The Bertz CT molecular complexity index is 872. The van der Waals surface area contributed by atoms with Gasteiger partial charge in [0.2, 0.25) is 0 Å². The molecule has 0 radical (unpaired) electrons. The third-order valence-electron chi connectivity index (χ3n) is 6.88. The van der Waals surface area contributed by atoms with E-state index in [0.29, 0.717) is 11.6 Å². The van der Waals surface area contributed by atoms with E-state index in [4.69, 9.17) is 10.5 Å². The Morgan fingerprint density at radius 2 is 2.26 bits per heavy atom. The molecular formula is C22H29N3O2. The summed E-state index contributed by atoms with van der Waals surface area (Å²) in [7, 11) is 1.72. The summed E-state index contributed by atoms with van der Waals surface area (Å²) in [5.74, 6) is 1.06. The molecule has 5 nitrogen and oxygen atoms in total. The molecule has 1 aromatic heterocycles. The molecule has 1 fully saturated rings. The molecule has 2 aromatic rings. The number of amides is 1. The number of nitrogens with two attached hydrogens (primary N) is 1. The summed E-state index contributed by atoms with van der Waals surface area (Å²) in [6.45, 7) is 7.52. The Balaban J connectivity index is 1.82. The number of nitrogens with zero attached hydrogens (tertiary/aromatic N) is 1. The van der Waals surface area contributed by atoms with E-state index < -0.39 is 0 Å². The van der Waals surface area contributed by atoms with Crippen LogP contribution in [0.2, 0.25) is 0 Å². The standard InChI is InChI=1S/C22H29N3O2/c1-4-25-9-8-22(15-6-5-7-17(10-15)27-3)12-19-18(11-16(22)13-25)14(2)20(24-19)21(23)26/h5-7,10,16,24H,4,8-9,11-13H2,1-3H3,(H2,23,26). The number of hydrogen-bond acceptors (Lipinski definition) is 3. The fourth-order valence-electron chi connectivity index (χ4n) is 5.27. The fourth-order valence-corrected chi connectivity index (χ4v) is 5.27. The second-order valence-electron chi connectivity index (χ2n) is 8.06. The molecule has 1 aromatic carbocycles. The molecule has 4 rings (SSSR count). The van der Waals surface area contributed by atoms with Crippen LogP contribution in [0, 0.1) is 12.8 Å².